The standard InChI is InChI=1S/C14H21N3OS/c1-2-8-16-10-11-17(14(16)18)9-7-15-6-5-13-4-3-12-19-13/h3-4,10-12,15H,2,5-9H2,1H3. The van der Waals surface area contributed by atoms with E-state index in [-0.39, 0.29) is 5.69 Å². The molecule has 104 valence electrons. The van der Waals surface area contributed by atoms with Crippen LogP contribution in [0.3, 0.4) is 0 Å². The van der Waals surface area contributed by atoms with Gasteiger partial charge in [-0.1, -0.05) is 13.0 Å². The monoisotopic (exact) mass is 279 g/mol. The summed E-state index contributed by atoms with van der Waals surface area (Å²) in [5.74, 6) is 0. The first-order valence-electron chi connectivity index (χ1n) is 6.80. The van der Waals surface area contributed by atoms with Gasteiger partial charge in [0.25, 0.3) is 0 Å². The van der Waals surface area contributed by atoms with Crippen LogP contribution in [0.15, 0.2) is 34.7 Å². The Morgan fingerprint density at radius 1 is 1.21 bits per heavy atom. The van der Waals surface area contributed by atoms with Crippen LogP contribution in [-0.2, 0) is 19.5 Å². The molecule has 0 unspecified atom stereocenters. The van der Waals surface area contributed by atoms with E-state index in [1.165, 1.54) is 4.88 Å². The lowest BCUT2D eigenvalue weighted by molar-refractivity contribution is 0.564. The molecule has 4 nitrogen and oxygen atoms in total. The largest absolute Gasteiger partial charge is 0.328 e. The third-order valence-electron chi connectivity index (χ3n) is 3.04. The lowest BCUT2D eigenvalue weighted by Crippen LogP contribution is -2.29. The number of aromatic nitrogens is 2. The number of nitrogens with zero attached hydrogens (tertiary/aromatic N) is 2. The SMILES string of the molecule is CCCn1ccn(CCNCCc2cccs2)c1=O. The van der Waals surface area contributed by atoms with Gasteiger partial charge in [0.05, 0.1) is 0 Å². The third kappa shape index (κ3) is 4.08. The number of hydrogen-bond acceptors (Lipinski definition) is 3. The molecule has 0 atom stereocenters. The van der Waals surface area contributed by atoms with Crippen LogP contribution in [0.5, 0.6) is 0 Å². The average molecular weight is 279 g/mol. The molecule has 2 aromatic rings. The molecule has 0 saturated carbocycles. The Labute approximate surface area is 117 Å². The summed E-state index contributed by atoms with van der Waals surface area (Å²) in [6.07, 6.45) is 5.79. The minimum Gasteiger partial charge on any atom is -0.315 e. The van der Waals surface area contributed by atoms with E-state index in [1.54, 1.807) is 20.5 Å². The second kappa shape index (κ2) is 7.31. The highest BCUT2D eigenvalue weighted by Crippen LogP contribution is 2.07. The number of nitrogens with one attached hydrogen (secondary N) is 1. The van der Waals surface area contributed by atoms with Crippen molar-refractivity contribution in [3.05, 3.63) is 45.3 Å². The van der Waals surface area contributed by atoms with Crippen molar-refractivity contribution in [3.8, 4) is 0 Å². The predicted octanol–water partition coefficient (Wildman–Crippen LogP) is 1.95. The summed E-state index contributed by atoms with van der Waals surface area (Å²) in [6.45, 7) is 5.42. The number of aryl methyl sites for hydroxylation is 1. The zero-order valence-corrected chi connectivity index (χ0v) is 12.2. The molecule has 0 amide bonds. The zero-order chi connectivity index (χ0) is 13.5. The van der Waals surface area contributed by atoms with Crippen molar-refractivity contribution in [3.63, 3.8) is 0 Å². The van der Waals surface area contributed by atoms with Gasteiger partial charge in [-0.2, -0.15) is 0 Å². The molecule has 2 rings (SSSR count). The number of rotatable bonds is 8. The van der Waals surface area contributed by atoms with E-state index in [4.69, 9.17) is 0 Å². The summed E-state index contributed by atoms with van der Waals surface area (Å²) < 4.78 is 3.54. The summed E-state index contributed by atoms with van der Waals surface area (Å²) in [5.41, 5.74) is 0.0990. The molecule has 0 aliphatic heterocycles. The Morgan fingerprint density at radius 3 is 2.68 bits per heavy atom. The van der Waals surface area contributed by atoms with Crippen LogP contribution in [0.4, 0.5) is 0 Å². The van der Waals surface area contributed by atoms with E-state index >= 15 is 0 Å². The van der Waals surface area contributed by atoms with Crippen LogP contribution in [0.2, 0.25) is 0 Å². The third-order valence-corrected chi connectivity index (χ3v) is 3.98. The molecule has 19 heavy (non-hydrogen) atoms. The van der Waals surface area contributed by atoms with Crippen molar-refractivity contribution in [2.75, 3.05) is 13.1 Å². The summed E-state index contributed by atoms with van der Waals surface area (Å²) in [5, 5.41) is 5.48. The molecule has 0 fully saturated rings. The molecule has 0 spiro atoms. The van der Waals surface area contributed by atoms with E-state index in [9.17, 15) is 4.79 Å². The summed E-state index contributed by atoms with van der Waals surface area (Å²) in [6, 6.07) is 4.23. The highest BCUT2D eigenvalue weighted by atomic mass is 32.1. The molecule has 0 aromatic carbocycles. The van der Waals surface area contributed by atoms with E-state index in [1.807, 2.05) is 12.4 Å². The minimum absolute atomic E-state index is 0.0990. The molecule has 0 saturated heterocycles. The molecule has 1 N–H and O–H groups in total. The van der Waals surface area contributed by atoms with E-state index in [2.05, 4.69) is 29.8 Å². The van der Waals surface area contributed by atoms with E-state index in [0.29, 0.717) is 0 Å². The predicted molar refractivity (Wildman–Crippen MR) is 79.9 cm³/mol. The highest BCUT2D eigenvalue weighted by molar-refractivity contribution is 7.09. The number of thiophene rings is 1. The van der Waals surface area contributed by atoms with Crippen molar-refractivity contribution in [2.45, 2.75) is 32.9 Å². The maximum atomic E-state index is 11.9. The second-order valence-electron chi connectivity index (χ2n) is 4.55. The molecular weight excluding hydrogens is 258 g/mol. The topological polar surface area (TPSA) is 39.0 Å². The fourth-order valence-corrected chi connectivity index (χ4v) is 2.73. The molecule has 0 aliphatic carbocycles. The zero-order valence-electron chi connectivity index (χ0n) is 11.3. The Hall–Kier alpha value is -1.33. The van der Waals surface area contributed by atoms with Gasteiger partial charge in [-0.25, -0.2) is 4.79 Å². The first-order valence-corrected chi connectivity index (χ1v) is 7.68. The van der Waals surface area contributed by atoms with Gasteiger partial charge in [0.1, 0.15) is 0 Å². The van der Waals surface area contributed by atoms with Gasteiger partial charge in [0.2, 0.25) is 0 Å². The fraction of sp³-hybridized carbons (Fsp3) is 0.500. The summed E-state index contributed by atoms with van der Waals surface area (Å²) in [4.78, 5) is 13.3. The first-order chi connectivity index (χ1) is 9.31. The van der Waals surface area contributed by atoms with Gasteiger partial charge < -0.3 is 5.32 Å². The maximum absolute atomic E-state index is 11.9. The molecule has 2 aromatic heterocycles. The van der Waals surface area contributed by atoms with Crippen LogP contribution >= 0.6 is 11.3 Å². The van der Waals surface area contributed by atoms with Crippen LogP contribution < -0.4 is 11.0 Å². The fourth-order valence-electron chi connectivity index (χ4n) is 2.03. The Bertz CT molecular complexity index is 527. The van der Waals surface area contributed by atoms with Crippen molar-refractivity contribution < 1.29 is 0 Å². The van der Waals surface area contributed by atoms with Crippen LogP contribution in [0.1, 0.15) is 18.2 Å². The van der Waals surface area contributed by atoms with Crippen LogP contribution in [0.25, 0.3) is 0 Å². The van der Waals surface area contributed by atoms with Crippen molar-refractivity contribution in [1.82, 2.24) is 14.5 Å². The van der Waals surface area contributed by atoms with E-state index < -0.39 is 0 Å². The van der Waals surface area contributed by atoms with Gasteiger partial charge in [0.15, 0.2) is 0 Å². The Kier molecular flexibility index (Phi) is 5.42. The Balaban J connectivity index is 1.69. The second-order valence-corrected chi connectivity index (χ2v) is 5.58. The van der Waals surface area contributed by atoms with Crippen molar-refractivity contribution in [1.29, 1.82) is 0 Å². The van der Waals surface area contributed by atoms with Gasteiger partial charge in [-0.05, 0) is 24.3 Å². The average Bonchev–Trinajstić information content (AvgIpc) is 3.03. The molecule has 0 radical (unpaired) electrons. The van der Waals surface area contributed by atoms with Gasteiger partial charge in [-0.15, -0.1) is 11.3 Å². The van der Waals surface area contributed by atoms with Crippen molar-refractivity contribution >= 4 is 11.3 Å². The lowest BCUT2D eigenvalue weighted by Gasteiger charge is -2.04. The molecule has 5 heteroatoms. The number of imidazole rings is 1. The maximum Gasteiger partial charge on any atom is 0.328 e. The normalized spacial score (nSPS) is 11.0. The van der Waals surface area contributed by atoms with Gasteiger partial charge in [0, 0.05) is 43.4 Å². The van der Waals surface area contributed by atoms with Crippen molar-refractivity contribution in [2.24, 2.45) is 0 Å². The quantitative estimate of drug-likeness (QED) is 0.750. The smallest absolute Gasteiger partial charge is 0.315 e. The molecule has 0 aliphatic rings. The van der Waals surface area contributed by atoms with Gasteiger partial charge in [-0.3, -0.25) is 9.13 Å². The molecular formula is C14H21N3OS. The summed E-state index contributed by atoms with van der Waals surface area (Å²) >= 11 is 1.79. The van der Waals surface area contributed by atoms with Crippen LogP contribution in [0, 0.1) is 0 Å². The molecule has 2 heterocycles. The summed E-state index contributed by atoms with van der Waals surface area (Å²) in [7, 11) is 0. The minimum atomic E-state index is 0.0990. The van der Waals surface area contributed by atoms with Crippen LogP contribution in [-0.4, -0.2) is 22.2 Å². The first kappa shape index (κ1) is 14.1. The molecule has 0 bridgehead atoms. The lowest BCUT2D eigenvalue weighted by atomic mass is 10.3. The number of hydrogen-bond donors (Lipinski definition) is 1. The Morgan fingerprint density at radius 2 is 2.00 bits per heavy atom. The van der Waals surface area contributed by atoms with Gasteiger partial charge >= 0.3 is 5.69 Å². The van der Waals surface area contributed by atoms with E-state index in [0.717, 1.165) is 39.0 Å². The highest BCUT2D eigenvalue weighted by Gasteiger charge is 2.01.